The molecule has 3 aromatic rings. The first kappa shape index (κ1) is 20.7. The average molecular weight is 423 g/mol. The number of anilines is 1. The molecule has 0 aliphatic rings. The van der Waals surface area contributed by atoms with Crippen LogP contribution in [0, 0.1) is 6.92 Å². The number of ether oxygens (including phenoxy) is 1. The summed E-state index contributed by atoms with van der Waals surface area (Å²) in [5.41, 5.74) is 0.0534. The molecule has 0 spiro atoms. The number of benzene rings is 2. The fourth-order valence-electron chi connectivity index (χ4n) is 2.45. The molecule has 0 radical (unpaired) electrons. The van der Waals surface area contributed by atoms with Crippen LogP contribution in [0.1, 0.15) is 11.1 Å². The number of carbonyl (C=O) groups is 1. The molecule has 1 amide bonds. The Morgan fingerprint density at radius 3 is 2.55 bits per heavy atom. The molecule has 10 heteroatoms. The molecule has 0 unspecified atom stereocenters. The zero-order valence-electron chi connectivity index (χ0n) is 15.4. The van der Waals surface area contributed by atoms with Crippen LogP contribution in [0.25, 0.3) is 11.5 Å². The maximum Gasteiger partial charge on any atom is 0.416 e. The van der Waals surface area contributed by atoms with E-state index in [0.29, 0.717) is 11.3 Å². The Hall–Kier alpha value is -3.01. The topological polar surface area (TPSA) is 77.2 Å². The summed E-state index contributed by atoms with van der Waals surface area (Å²) in [6.07, 6.45) is -4.48. The van der Waals surface area contributed by atoms with Crippen LogP contribution in [0.5, 0.6) is 5.75 Å². The van der Waals surface area contributed by atoms with Crippen molar-refractivity contribution in [1.82, 2.24) is 10.2 Å². The third-order valence-electron chi connectivity index (χ3n) is 3.90. The van der Waals surface area contributed by atoms with Crippen molar-refractivity contribution in [2.75, 3.05) is 18.2 Å². The highest BCUT2D eigenvalue weighted by molar-refractivity contribution is 7.99. The molecule has 0 atom stereocenters. The second-order valence-corrected chi connectivity index (χ2v) is 6.89. The quantitative estimate of drug-likeness (QED) is 0.574. The van der Waals surface area contributed by atoms with Crippen molar-refractivity contribution in [1.29, 1.82) is 0 Å². The van der Waals surface area contributed by atoms with Crippen molar-refractivity contribution in [2.24, 2.45) is 0 Å². The lowest BCUT2D eigenvalue weighted by Gasteiger charge is -2.12. The summed E-state index contributed by atoms with van der Waals surface area (Å²) in [6.45, 7) is 1.36. The molecule has 29 heavy (non-hydrogen) atoms. The molecule has 0 aliphatic heterocycles. The highest BCUT2D eigenvalue weighted by Crippen LogP contribution is 2.33. The Morgan fingerprint density at radius 1 is 1.17 bits per heavy atom. The second kappa shape index (κ2) is 8.56. The smallest absolute Gasteiger partial charge is 0.416 e. The van der Waals surface area contributed by atoms with Crippen LogP contribution in [0.4, 0.5) is 18.9 Å². The monoisotopic (exact) mass is 423 g/mol. The van der Waals surface area contributed by atoms with Crippen molar-refractivity contribution < 1.29 is 27.1 Å². The van der Waals surface area contributed by atoms with E-state index in [-0.39, 0.29) is 28.1 Å². The number of nitrogens with zero attached hydrogens (tertiary/aromatic N) is 2. The van der Waals surface area contributed by atoms with E-state index in [9.17, 15) is 18.0 Å². The highest BCUT2D eigenvalue weighted by Gasteiger charge is 2.32. The molecular weight excluding hydrogens is 407 g/mol. The van der Waals surface area contributed by atoms with Crippen LogP contribution >= 0.6 is 11.8 Å². The van der Waals surface area contributed by atoms with Crippen LogP contribution in [-0.2, 0) is 11.0 Å². The van der Waals surface area contributed by atoms with Crippen molar-refractivity contribution >= 4 is 23.4 Å². The lowest BCUT2D eigenvalue weighted by Crippen LogP contribution is -2.15. The number of amides is 1. The Kier molecular flexibility index (Phi) is 6.12. The van der Waals surface area contributed by atoms with E-state index in [1.165, 1.54) is 19.1 Å². The summed E-state index contributed by atoms with van der Waals surface area (Å²) in [7, 11) is 1.56. The van der Waals surface area contributed by atoms with Crippen molar-refractivity contribution in [3.8, 4) is 17.2 Å². The van der Waals surface area contributed by atoms with E-state index in [1.807, 2.05) is 0 Å². The van der Waals surface area contributed by atoms with Gasteiger partial charge in [0.25, 0.3) is 5.22 Å². The molecule has 0 saturated heterocycles. The lowest BCUT2D eigenvalue weighted by molar-refractivity contribution is -0.138. The predicted octanol–water partition coefficient (Wildman–Crippen LogP) is 4.80. The molecule has 1 N–H and O–H groups in total. The van der Waals surface area contributed by atoms with Gasteiger partial charge in [-0.2, -0.15) is 13.2 Å². The number of thioether (sulfide) groups is 1. The van der Waals surface area contributed by atoms with Crippen LogP contribution in [0.2, 0.25) is 0 Å². The van der Waals surface area contributed by atoms with Gasteiger partial charge in [0, 0.05) is 11.3 Å². The number of methoxy groups -OCH3 is 1. The van der Waals surface area contributed by atoms with E-state index in [0.717, 1.165) is 17.8 Å². The lowest BCUT2D eigenvalue weighted by atomic mass is 10.1. The van der Waals surface area contributed by atoms with Crippen LogP contribution in [-0.4, -0.2) is 29.0 Å². The minimum atomic E-state index is -4.48. The number of nitrogens with one attached hydrogen (secondary N) is 1. The molecule has 3 rings (SSSR count). The predicted molar refractivity (Wildman–Crippen MR) is 102 cm³/mol. The van der Waals surface area contributed by atoms with Crippen LogP contribution < -0.4 is 10.1 Å². The Labute approximate surface area is 168 Å². The van der Waals surface area contributed by atoms with Gasteiger partial charge >= 0.3 is 6.18 Å². The van der Waals surface area contributed by atoms with E-state index in [1.54, 1.807) is 31.4 Å². The summed E-state index contributed by atoms with van der Waals surface area (Å²) >= 11 is 0.985. The molecule has 0 saturated carbocycles. The maximum absolute atomic E-state index is 13.0. The first-order chi connectivity index (χ1) is 13.8. The minimum Gasteiger partial charge on any atom is -0.497 e. The van der Waals surface area contributed by atoms with Gasteiger partial charge < -0.3 is 14.5 Å². The summed E-state index contributed by atoms with van der Waals surface area (Å²) in [6, 6.07) is 10.6. The molecule has 0 aliphatic carbocycles. The van der Waals surface area contributed by atoms with Gasteiger partial charge in [-0.15, -0.1) is 10.2 Å². The number of carbonyl (C=O) groups excluding carboxylic acids is 1. The third kappa shape index (κ3) is 5.29. The molecular formula is C19H16F3N3O3S. The SMILES string of the molecule is COc1ccc(-c2nnc(SCC(=O)Nc3ccc(C)c(C(F)(F)F)c3)o2)cc1. The molecule has 6 nitrogen and oxygen atoms in total. The first-order valence-corrected chi connectivity index (χ1v) is 9.33. The van der Waals surface area contributed by atoms with Gasteiger partial charge in [-0.1, -0.05) is 17.8 Å². The number of hydrogen-bond acceptors (Lipinski definition) is 6. The molecule has 1 heterocycles. The van der Waals surface area contributed by atoms with E-state index in [2.05, 4.69) is 15.5 Å². The second-order valence-electron chi connectivity index (χ2n) is 5.97. The van der Waals surface area contributed by atoms with Gasteiger partial charge in [0.15, 0.2) is 0 Å². The largest absolute Gasteiger partial charge is 0.497 e. The van der Waals surface area contributed by atoms with Gasteiger partial charge in [-0.05, 0) is 48.9 Å². The van der Waals surface area contributed by atoms with Gasteiger partial charge in [-0.25, -0.2) is 0 Å². The number of halogens is 3. The number of hydrogen-bond donors (Lipinski definition) is 1. The molecule has 0 fully saturated rings. The number of rotatable bonds is 6. The molecule has 152 valence electrons. The number of aryl methyl sites for hydroxylation is 1. The van der Waals surface area contributed by atoms with Gasteiger partial charge in [-0.3, -0.25) is 4.79 Å². The average Bonchev–Trinajstić information content (AvgIpc) is 3.16. The van der Waals surface area contributed by atoms with Crippen molar-refractivity contribution in [3.63, 3.8) is 0 Å². The van der Waals surface area contributed by atoms with E-state index >= 15 is 0 Å². The zero-order valence-corrected chi connectivity index (χ0v) is 16.2. The molecule has 0 bridgehead atoms. The fraction of sp³-hybridized carbons (Fsp3) is 0.211. The minimum absolute atomic E-state index is 0.0676. The fourth-order valence-corrected chi connectivity index (χ4v) is 3.01. The van der Waals surface area contributed by atoms with Gasteiger partial charge in [0.1, 0.15) is 5.75 Å². The standard InChI is InChI=1S/C19H16F3N3O3S/c1-11-3-6-13(9-15(11)19(20,21)22)23-16(26)10-29-18-25-24-17(28-18)12-4-7-14(27-2)8-5-12/h3-9H,10H2,1-2H3,(H,23,26). The third-order valence-corrected chi connectivity index (χ3v) is 4.72. The van der Waals surface area contributed by atoms with Gasteiger partial charge in [0.05, 0.1) is 18.4 Å². The summed E-state index contributed by atoms with van der Waals surface area (Å²) in [5, 5.41) is 10.4. The van der Waals surface area contributed by atoms with Crippen LogP contribution in [0.3, 0.4) is 0 Å². The van der Waals surface area contributed by atoms with E-state index in [4.69, 9.17) is 9.15 Å². The normalized spacial score (nSPS) is 11.3. The molecule has 2 aromatic carbocycles. The summed E-state index contributed by atoms with van der Waals surface area (Å²) in [5.74, 6) is 0.379. The highest BCUT2D eigenvalue weighted by atomic mass is 32.2. The number of aromatic nitrogens is 2. The molecule has 1 aromatic heterocycles. The summed E-state index contributed by atoms with van der Waals surface area (Å²) < 4.78 is 49.5. The number of alkyl halides is 3. The van der Waals surface area contributed by atoms with Crippen molar-refractivity contribution in [3.05, 3.63) is 53.6 Å². The zero-order chi connectivity index (χ0) is 21.0. The van der Waals surface area contributed by atoms with Gasteiger partial charge in [0.2, 0.25) is 11.8 Å². The Bertz CT molecular complexity index is 1000. The maximum atomic E-state index is 13.0. The van der Waals surface area contributed by atoms with Crippen LogP contribution in [0.15, 0.2) is 52.1 Å². The van der Waals surface area contributed by atoms with E-state index < -0.39 is 17.6 Å². The Morgan fingerprint density at radius 2 is 1.90 bits per heavy atom. The summed E-state index contributed by atoms with van der Waals surface area (Å²) in [4.78, 5) is 12.1. The first-order valence-electron chi connectivity index (χ1n) is 8.34. The Balaban J connectivity index is 1.59. The van der Waals surface area contributed by atoms with Crippen molar-refractivity contribution in [2.45, 2.75) is 18.3 Å².